The first kappa shape index (κ1) is 16.1. The zero-order chi connectivity index (χ0) is 16.7. The monoisotopic (exact) mass is 348 g/mol. The molecule has 1 saturated carbocycles. The summed E-state index contributed by atoms with van der Waals surface area (Å²) in [6.07, 6.45) is 7.60. The van der Waals surface area contributed by atoms with Gasteiger partial charge in [-0.3, -0.25) is 0 Å². The largest absolute Gasteiger partial charge is 0.396 e. The molecular weight excluding hydrogens is 327 g/mol. The first-order chi connectivity index (χ1) is 11.6. The van der Waals surface area contributed by atoms with E-state index in [4.69, 9.17) is 11.6 Å². The van der Waals surface area contributed by atoms with Crippen LogP contribution in [0.5, 0.6) is 0 Å². The molecule has 1 N–H and O–H groups in total. The van der Waals surface area contributed by atoms with Crippen molar-refractivity contribution in [1.29, 1.82) is 0 Å². The highest BCUT2D eigenvalue weighted by Gasteiger charge is 2.37. The number of halogens is 2. The second-order valence-electron chi connectivity index (χ2n) is 7.22. The molecule has 1 fully saturated rings. The lowest BCUT2D eigenvalue weighted by molar-refractivity contribution is 0.0530. The fraction of sp³-hybridized carbons (Fsp3) is 0.526. The maximum atomic E-state index is 15.2. The number of alkyl halides is 1. The molecule has 0 radical (unpaired) electrons. The van der Waals surface area contributed by atoms with Gasteiger partial charge in [-0.05, 0) is 50.5 Å². The number of aliphatic hydroxyl groups is 1. The highest BCUT2D eigenvalue weighted by atomic mass is 35.5. The fourth-order valence-electron chi connectivity index (χ4n) is 4.31. The van der Waals surface area contributed by atoms with Gasteiger partial charge in [-0.1, -0.05) is 23.7 Å². The predicted molar refractivity (Wildman–Crippen MR) is 92.9 cm³/mol. The van der Waals surface area contributed by atoms with E-state index in [1.807, 2.05) is 24.7 Å². The zero-order valence-electron chi connectivity index (χ0n) is 13.6. The van der Waals surface area contributed by atoms with Crippen LogP contribution in [-0.2, 0) is 0 Å². The van der Waals surface area contributed by atoms with E-state index in [0.29, 0.717) is 19.3 Å². The molecule has 2 heterocycles. The number of imidazole rings is 1. The zero-order valence-corrected chi connectivity index (χ0v) is 14.3. The quantitative estimate of drug-likeness (QED) is 0.863. The van der Waals surface area contributed by atoms with Crippen LogP contribution < -0.4 is 0 Å². The second-order valence-corrected chi connectivity index (χ2v) is 7.63. The number of aliphatic hydroxyl groups excluding tert-OH is 1. The summed E-state index contributed by atoms with van der Waals surface area (Å²) in [7, 11) is 0. The van der Waals surface area contributed by atoms with Crippen LogP contribution in [0.15, 0.2) is 30.7 Å². The molecule has 2 aromatic rings. The first-order valence-corrected chi connectivity index (χ1v) is 9.09. The van der Waals surface area contributed by atoms with Crippen molar-refractivity contribution in [3.05, 3.63) is 41.3 Å². The standard InChI is InChI=1S/C19H22ClFN2O/c20-15-3-1-2-14-17-10-22-12-23(17)16(18(14)15)6-9-19(21)7-4-13(11-24)5-8-19/h1-3,10,12-13,16,24H,4-9,11H2/t13-,16-,19-/m0/s1. The Morgan fingerprint density at radius 3 is 2.88 bits per heavy atom. The van der Waals surface area contributed by atoms with Crippen molar-refractivity contribution in [3.63, 3.8) is 0 Å². The number of hydrogen-bond acceptors (Lipinski definition) is 2. The van der Waals surface area contributed by atoms with Crippen LogP contribution in [0, 0.1) is 5.92 Å². The molecule has 1 aliphatic carbocycles. The minimum Gasteiger partial charge on any atom is -0.396 e. The Balaban J connectivity index is 1.54. The van der Waals surface area contributed by atoms with Gasteiger partial charge in [0.05, 0.1) is 24.3 Å². The van der Waals surface area contributed by atoms with Crippen LogP contribution in [0.25, 0.3) is 11.3 Å². The number of benzene rings is 1. The highest BCUT2D eigenvalue weighted by molar-refractivity contribution is 6.32. The number of fused-ring (bicyclic) bond motifs is 3. The molecular formula is C19H22ClFN2O. The second kappa shape index (κ2) is 6.16. The van der Waals surface area contributed by atoms with E-state index in [-0.39, 0.29) is 18.6 Å². The van der Waals surface area contributed by atoms with E-state index in [2.05, 4.69) is 15.6 Å². The summed E-state index contributed by atoms with van der Waals surface area (Å²) in [5.41, 5.74) is 2.16. The summed E-state index contributed by atoms with van der Waals surface area (Å²) in [5.74, 6) is 0.274. The van der Waals surface area contributed by atoms with E-state index in [9.17, 15) is 5.11 Å². The predicted octanol–water partition coefficient (Wildman–Crippen LogP) is 4.78. The maximum absolute atomic E-state index is 15.2. The van der Waals surface area contributed by atoms with E-state index >= 15 is 4.39 Å². The minimum atomic E-state index is -1.11. The van der Waals surface area contributed by atoms with Gasteiger partial charge in [0, 0.05) is 22.8 Å². The highest BCUT2D eigenvalue weighted by Crippen LogP contribution is 2.47. The molecule has 128 valence electrons. The van der Waals surface area contributed by atoms with Gasteiger partial charge in [0.1, 0.15) is 5.67 Å². The molecule has 1 atom stereocenters. The Hall–Kier alpha value is -1.39. The van der Waals surface area contributed by atoms with Crippen LogP contribution in [0.3, 0.4) is 0 Å². The molecule has 0 spiro atoms. The SMILES string of the molecule is OC[C@H]1CC[C@@](F)(CC[C@H]2c3c(Cl)cccc3-c3cncn32)CC1. The third-order valence-electron chi connectivity index (χ3n) is 5.79. The van der Waals surface area contributed by atoms with Crippen molar-refractivity contribution in [2.24, 2.45) is 5.92 Å². The Morgan fingerprint density at radius 1 is 1.33 bits per heavy atom. The summed E-state index contributed by atoms with van der Waals surface area (Å²) in [6, 6.07) is 5.99. The maximum Gasteiger partial charge on any atom is 0.111 e. The molecule has 1 aromatic heterocycles. The summed E-state index contributed by atoms with van der Waals surface area (Å²) in [5, 5.41) is 9.99. The van der Waals surface area contributed by atoms with Gasteiger partial charge in [0.25, 0.3) is 0 Å². The molecule has 4 rings (SSSR count). The molecule has 1 aromatic carbocycles. The van der Waals surface area contributed by atoms with Crippen LogP contribution in [0.2, 0.25) is 5.02 Å². The smallest absolute Gasteiger partial charge is 0.111 e. The van der Waals surface area contributed by atoms with Crippen LogP contribution >= 0.6 is 11.6 Å². The van der Waals surface area contributed by atoms with Gasteiger partial charge in [-0.25, -0.2) is 9.37 Å². The van der Waals surface area contributed by atoms with Gasteiger partial charge in [0.15, 0.2) is 0 Å². The third kappa shape index (κ3) is 2.66. The number of hydrogen-bond donors (Lipinski definition) is 1. The molecule has 3 nitrogen and oxygen atoms in total. The fourth-order valence-corrected chi connectivity index (χ4v) is 4.61. The van der Waals surface area contributed by atoms with Crippen LogP contribution in [-0.4, -0.2) is 26.9 Å². The molecule has 2 aliphatic rings. The lowest BCUT2D eigenvalue weighted by atomic mass is 9.77. The summed E-state index contributed by atoms with van der Waals surface area (Å²) < 4.78 is 17.3. The number of nitrogens with zero attached hydrogens (tertiary/aromatic N) is 2. The Labute approximate surface area is 146 Å². The lowest BCUT2D eigenvalue weighted by Gasteiger charge is -2.34. The number of rotatable bonds is 4. The van der Waals surface area contributed by atoms with Crippen molar-refractivity contribution in [1.82, 2.24) is 9.55 Å². The average Bonchev–Trinajstić information content (AvgIpc) is 3.16. The summed E-state index contributed by atoms with van der Waals surface area (Å²) in [6.45, 7) is 0.181. The Bertz CT molecular complexity index is 737. The molecule has 1 aliphatic heterocycles. The molecule has 5 heteroatoms. The normalized spacial score (nSPS) is 28.6. The molecule has 0 unspecified atom stereocenters. The molecule has 0 saturated heterocycles. The molecule has 0 bridgehead atoms. The third-order valence-corrected chi connectivity index (χ3v) is 6.12. The van der Waals surface area contributed by atoms with Gasteiger partial charge in [-0.15, -0.1) is 0 Å². The van der Waals surface area contributed by atoms with Crippen molar-refractivity contribution >= 4 is 11.6 Å². The Morgan fingerprint density at radius 2 is 2.12 bits per heavy atom. The van der Waals surface area contributed by atoms with Crippen molar-refractivity contribution < 1.29 is 9.50 Å². The Kier molecular flexibility index (Phi) is 4.13. The van der Waals surface area contributed by atoms with E-state index in [1.165, 1.54) is 0 Å². The molecule has 0 amide bonds. The van der Waals surface area contributed by atoms with E-state index in [1.54, 1.807) is 0 Å². The van der Waals surface area contributed by atoms with Crippen molar-refractivity contribution in [3.8, 4) is 11.3 Å². The van der Waals surface area contributed by atoms with Gasteiger partial charge in [0.2, 0.25) is 0 Å². The minimum absolute atomic E-state index is 0.0643. The first-order valence-electron chi connectivity index (χ1n) is 8.72. The van der Waals surface area contributed by atoms with Crippen molar-refractivity contribution in [2.45, 2.75) is 50.2 Å². The average molecular weight is 349 g/mol. The summed E-state index contributed by atoms with van der Waals surface area (Å²) in [4.78, 5) is 4.25. The number of aromatic nitrogens is 2. The van der Waals surface area contributed by atoms with Gasteiger partial charge >= 0.3 is 0 Å². The van der Waals surface area contributed by atoms with E-state index < -0.39 is 5.67 Å². The van der Waals surface area contributed by atoms with Crippen LogP contribution in [0.1, 0.15) is 50.1 Å². The van der Waals surface area contributed by atoms with Gasteiger partial charge in [-0.2, -0.15) is 0 Å². The summed E-state index contributed by atoms with van der Waals surface area (Å²) >= 11 is 6.45. The van der Waals surface area contributed by atoms with E-state index in [0.717, 1.165) is 41.1 Å². The topological polar surface area (TPSA) is 38.1 Å². The van der Waals surface area contributed by atoms with Crippen LogP contribution in [0.4, 0.5) is 4.39 Å². The van der Waals surface area contributed by atoms with Gasteiger partial charge < -0.3 is 9.67 Å². The van der Waals surface area contributed by atoms with Crippen molar-refractivity contribution in [2.75, 3.05) is 6.61 Å². The molecule has 24 heavy (non-hydrogen) atoms. The lowest BCUT2D eigenvalue weighted by Crippen LogP contribution is -2.31.